The Morgan fingerprint density at radius 2 is 2.38 bits per heavy atom. The van der Waals surface area contributed by atoms with Crippen molar-refractivity contribution in [3.63, 3.8) is 0 Å². The van der Waals surface area contributed by atoms with E-state index in [0.29, 0.717) is 17.3 Å². The maximum absolute atomic E-state index is 11.3. The van der Waals surface area contributed by atoms with Gasteiger partial charge in [0.15, 0.2) is 9.84 Å². The zero-order valence-corrected chi connectivity index (χ0v) is 10.3. The van der Waals surface area contributed by atoms with E-state index in [1.165, 1.54) is 0 Å². The first-order valence-corrected chi connectivity index (χ1v) is 7.30. The average Bonchev–Trinajstić information content (AvgIpc) is 2.57. The molecule has 1 saturated heterocycles. The van der Waals surface area contributed by atoms with Crippen LogP contribution in [0.5, 0.6) is 0 Å². The molecule has 4 nitrogen and oxygen atoms in total. The van der Waals surface area contributed by atoms with Gasteiger partial charge < -0.3 is 5.32 Å². The van der Waals surface area contributed by atoms with E-state index in [-0.39, 0.29) is 11.7 Å². The topological polar surface area (TPSA) is 59.1 Å². The number of anilines is 1. The van der Waals surface area contributed by atoms with Crippen LogP contribution in [0.1, 0.15) is 6.42 Å². The van der Waals surface area contributed by atoms with Crippen molar-refractivity contribution >= 4 is 27.1 Å². The summed E-state index contributed by atoms with van der Waals surface area (Å²) in [6.07, 6.45) is 3.95. The van der Waals surface area contributed by atoms with Crippen LogP contribution in [0.3, 0.4) is 0 Å². The Morgan fingerprint density at radius 3 is 3.00 bits per heavy atom. The van der Waals surface area contributed by atoms with Crippen LogP contribution in [0.2, 0.25) is 5.02 Å². The molecular formula is C10H13ClN2O2S. The molecule has 1 N–H and O–H groups in total. The van der Waals surface area contributed by atoms with Gasteiger partial charge in [0.05, 0.1) is 22.2 Å². The van der Waals surface area contributed by atoms with Gasteiger partial charge in [0, 0.05) is 18.9 Å². The van der Waals surface area contributed by atoms with E-state index in [2.05, 4.69) is 10.3 Å². The molecule has 1 aliphatic heterocycles. The molecule has 0 bridgehead atoms. The quantitative estimate of drug-likeness (QED) is 0.897. The Morgan fingerprint density at radius 1 is 1.56 bits per heavy atom. The first-order valence-electron chi connectivity index (χ1n) is 5.11. The molecule has 2 rings (SSSR count). The zero-order valence-electron chi connectivity index (χ0n) is 8.69. The van der Waals surface area contributed by atoms with E-state index in [1.807, 2.05) is 0 Å². The van der Waals surface area contributed by atoms with Crippen LogP contribution in [-0.4, -0.2) is 31.5 Å². The lowest BCUT2D eigenvalue weighted by Gasteiger charge is -2.11. The molecule has 1 unspecified atom stereocenters. The number of rotatable bonds is 3. The van der Waals surface area contributed by atoms with Gasteiger partial charge in [-0.3, -0.25) is 4.98 Å². The number of pyridine rings is 1. The van der Waals surface area contributed by atoms with Gasteiger partial charge in [-0.15, -0.1) is 0 Å². The number of hydrogen-bond donors (Lipinski definition) is 1. The lowest BCUT2D eigenvalue weighted by Crippen LogP contribution is -2.15. The van der Waals surface area contributed by atoms with Crippen LogP contribution in [0.4, 0.5) is 5.69 Å². The van der Waals surface area contributed by atoms with Gasteiger partial charge in [0.2, 0.25) is 0 Å². The minimum atomic E-state index is -2.80. The Kier molecular flexibility index (Phi) is 3.35. The van der Waals surface area contributed by atoms with Crippen LogP contribution >= 0.6 is 11.6 Å². The van der Waals surface area contributed by atoms with Crippen molar-refractivity contribution in [2.24, 2.45) is 5.92 Å². The summed E-state index contributed by atoms with van der Waals surface area (Å²) in [6, 6.07) is 1.78. The van der Waals surface area contributed by atoms with Crippen molar-refractivity contribution in [1.29, 1.82) is 0 Å². The van der Waals surface area contributed by atoms with Gasteiger partial charge in [-0.2, -0.15) is 0 Å². The summed E-state index contributed by atoms with van der Waals surface area (Å²) in [4.78, 5) is 3.88. The highest BCUT2D eigenvalue weighted by Gasteiger charge is 2.27. The number of halogens is 1. The molecule has 2 heterocycles. The number of nitrogens with one attached hydrogen (secondary N) is 1. The lowest BCUT2D eigenvalue weighted by molar-refractivity contribution is 0.596. The summed E-state index contributed by atoms with van der Waals surface area (Å²) in [6.45, 7) is 0.642. The SMILES string of the molecule is O=S1(=O)CCC(CNc2ccncc2Cl)C1. The van der Waals surface area contributed by atoms with E-state index < -0.39 is 9.84 Å². The van der Waals surface area contributed by atoms with Crippen molar-refractivity contribution in [1.82, 2.24) is 4.98 Å². The fraction of sp³-hybridized carbons (Fsp3) is 0.500. The molecule has 0 saturated carbocycles. The van der Waals surface area contributed by atoms with Crippen molar-refractivity contribution in [3.05, 3.63) is 23.5 Å². The summed E-state index contributed by atoms with van der Waals surface area (Å²) in [7, 11) is -2.80. The molecule has 6 heteroatoms. The Bertz CT molecular complexity index is 475. The Labute approximate surface area is 99.9 Å². The first-order chi connectivity index (χ1) is 7.57. The average molecular weight is 261 g/mol. The largest absolute Gasteiger partial charge is 0.383 e. The van der Waals surface area contributed by atoms with Crippen LogP contribution < -0.4 is 5.32 Å². The van der Waals surface area contributed by atoms with Gasteiger partial charge in [0.25, 0.3) is 0 Å². The highest BCUT2D eigenvalue weighted by Crippen LogP contribution is 2.22. The van der Waals surface area contributed by atoms with Gasteiger partial charge in [-0.25, -0.2) is 8.42 Å². The number of aromatic nitrogens is 1. The van der Waals surface area contributed by atoms with Crippen molar-refractivity contribution in [2.75, 3.05) is 23.4 Å². The van der Waals surface area contributed by atoms with Crippen molar-refractivity contribution in [3.8, 4) is 0 Å². The Hall–Kier alpha value is -0.810. The third kappa shape index (κ3) is 2.86. The van der Waals surface area contributed by atoms with E-state index in [0.717, 1.165) is 12.1 Å². The van der Waals surface area contributed by atoms with E-state index in [9.17, 15) is 8.42 Å². The predicted molar refractivity (Wildman–Crippen MR) is 64.5 cm³/mol. The summed E-state index contributed by atoms with van der Waals surface area (Å²) >= 11 is 5.92. The van der Waals surface area contributed by atoms with Crippen LogP contribution in [0, 0.1) is 5.92 Å². The molecule has 16 heavy (non-hydrogen) atoms. The minimum absolute atomic E-state index is 0.189. The zero-order chi connectivity index (χ0) is 11.6. The molecule has 0 radical (unpaired) electrons. The monoisotopic (exact) mass is 260 g/mol. The second-order valence-corrected chi connectivity index (χ2v) is 6.64. The van der Waals surface area contributed by atoms with Crippen LogP contribution in [-0.2, 0) is 9.84 Å². The highest BCUT2D eigenvalue weighted by molar-refractivity contribution is 7.91. The third-order valence-corrected chi connectivity index (χ3v) is 4.82. The molecule has 88 valence electrons. The summed E-state index contributed by atoms with van der Waals surface area (Å²) in [5, 5.41) is 3.71. The second-order valence-electron chi connectivity index (χ2n) is 4.01. The molecule has 0 amide bonds. The summed E-state index contributed by atoms with van der Waals surface area (Å²) < 4.78 is 22.5. The molecule has 0 aromatic carbocycles. The van der Waals surface area contributed by atoms with Crippen LogP contribution in [0.15, 0.2) is 18.5 Å². The molecule has 0 spiro atoms. The Balaban J connectivity index is 1.92. The molecular weight excluding hydrogens is 248 g/mol. The first kappa shape index (κ1) is 11.7. The standard InChI is InChI=1S/C10H13ClN2O2S/c11-9-6-12-3-1-10(9)13-5-8-2-4-16(14,15)7-8/h1,3,6,8H,2,4-5,7H2,(H,12,13). The third-order valence-electron chi connectivity index (χ3n) is 2.68. The van der Waals surface area contributed by atoms with Crippen molar-refractivity contribution < 1.29 is 8.42 Å². The fourth-order valence-corrected chi connectivity index (χ4v) is 3.85. The maximum Gasteiger partial charge on any atom is 0.150 e. The molecule has 1 atom stereocenters. The minimum Gasteiger partial charge on any atom is -0.383 e. The van der Waals surface area contributed by atoms with E-state index in [4.69, 9.17) is 11.6 Å². The van der Waals surface area contributed by atoms with Crippen LogP contribution in [0.25, 0.3) is 0 Å². The molecule has 1 aromatic heterocycles. The van der Waals surface area contributed by atoms with Gasteiger partial charge >= 0.3 is 0 Å². The van der Waals surface area contributed by atoms with Gasteiger partial charge in [0.1, 0.15) is 0 Å². The highest BCUT2D eigenvalue weighted by atomic mass is 35.5. The smallest absolute Gasteiger partial charge is 0.150 e. The molecule has 1 aliphatic rings. The number of nitrogens with zero attached hydrogens (tertiary/aromatic N) is 1. The predicted octanol–water partition coefficient (Wildman–Crippen LogP) is 1.58. The van der Waals surface area contributed by atoms with Crippen molar-refractivity contribution in [2.45, 2.75) is 6.42 Å². The lowest BCUT2D eigenvalue weighted by atomic mass is 10.1. The second kappa shape index (κ2) is 4.59. The number of hydrogen-bond acceptors (Lipinski definition) is 4. The van der Waals surface area contributed by atoms with Gasteiger partial charge in [-0.1, -0.05) is 11.6 Å². The summed E-state index contributed by atoms with van der Waals surface area (Å²) in [5.74, 6) is 0.779. The van der Waals surface area contributed by atoms with E-state index >= 15 is 0 Å². The fourth-order valence-electron chi connectivity index (χ4n) is 1.81. The molecule has 1 aromatic rings. The maximum atomic E-state index is 11.3. The van der Waals surface area contributed by atoms with Gasteiger partial charge in [-0.05, 0) is 18.4 Å². The summed E-state index contributed by atoms with van der Waals surface area (Å²) in [5.41, 5.74) is 0.806. The molecule has 0 aliphatic carbocycles. The normalized spacial score (nSPS) is 23.2. The number of sulfone groups is 1. The molecule has 1 fully saturated rings. The van der Waals surface area contributed by atoms with E-state index in [1.54, 1.807) is 18.5 Å².